The molecule has 1 atom stereocenters. The molecule has 0 spiro atoms. The Bertz CT molecular complexity index is 326. The van der Waals surface area contributed by atoms with Crippen molar-refractivity contribution in [3.05, 3.63) is 24.3 Å². The molecule has 1 aliphatic rings. The first-order valence-electron chi connectivity index (χ1n) is 8.74. The van der Waals surface area contributed by atoms with Crippen LogP contribution in [0.3, 0.4) is 0 Å². The fraction of sp³-hybridized carbons (Fsp3) is 0.737. The van der Waals surface area contributed by atoms with Gasteiger partial charge in [-0.3, -0.25) is 4.79 Å². The number of allylic oxidation sites excluding steroid dienone is 3. The molecule has 0 N–H and O–H groups in total. The maximum Gasteiger partial charge on any atom is 0.303 e. The molecule has 2 nitrogen and oxygen atoms in total. The highest BCUT2D eigenvalue weighted by molar-refractivity contribution is 5.66. The highest BCUT2D eigenvalue weighted by Crippen LogP contribution is 2.27. The lowest BCUT2D eigenvalue weighted by molar-refractivity contribution is -0.144. The Hall–Kier alpha value is -1.05. The van der Waals surface area contributed by atoms with Crippen molar-refractivity contribution in [3.8, 4) is 0 Å². The number of hydrogen-bond donors (Lipinski definition) is 0. The average Bonchev–Trinajstić information content (AvgIpc) is 2.39. The standard InChI is InChI=1S/C19H32O2/c1-3-4-5-6-7-8-15-19(21-17(2)20)16-10-9-12-18-13-11-14-18/h9-10,12,16,18-19H,3-8,11,13-15H2,1-2H3/b12-9+,16-10+. The minimum Gasteiger partial charge on any atom is -0.458 e. The summed E-state index contributed by atoms with van der Waals surface area (Å²) in [6.45, 7) is 3.73. The Morgan fingerprint density at radius 1 is 1.14 bits per heavy atom. The molecular weight excluding hydrogens is 260 g/mol. The zero-order valence-electron chi connectivity index (χ0n) is 13.9. The zero-order chi connectivity index (χ0) is 15.3. The maximum absolute atomic E-state index is 11.2. The lowest BCUT2D eigenvalue weighted by atomic mass is 9.85. The zero-order valence-corrected chi connectivity index (χ0v) is 13.9. The first-order chi connectivity index (χ1) is 10.2. The van der Waals surface area contributed by atoms with Gasteiger partial charge in [-0.2, -0.15) is 0 Å². The van der Waals surface area contributed by atoms with Crippen LogP contribution in [0.25, 0.3) is 0 Å². The normalized spacial score (nSPS) is 17.2. The summed E-state index contributed by atoms with van der Waals surface area (Å²) in [5, 5.41) is 0. The van der Waals surface area contributed by atoms with E-state index in [1.807, 2.05) is 12.2 Å². The summed E-state index contributed by atoms with van der Waals surface area (Å²) in [6, 6.07) is 0. The molecule has 0 aromatic carbocycles. The van der Waals surface area contributed by atoms with Crippen LogP contribution in [0.1, 0.15) is 78.1 Å². The molecule has 2 heteroatoms. The SMILES string of the molecule is CCCCCCCCC(/C=C/C=C/C1CCC1)OC(C)=O. The second-order valence-corrected chi connectivity index (χ2v) is 6.17. The number of carbonyl (C=O) groups excluding carboxylic acids is 1. The fourth-order valence-electron chi connectivity index (χ4n) is 2.58. The smallest absolute Gasteiger partial charge is 0.303 e. The summed E-state index contributed by atoms with van der Waals surface area (Å²) in [5.74, 6) is 0.596. The Labute approximate surface area is 130 Å². The van der Waals surface area contributed by atoms with Gasteiger partial charge in [-0.05, 0) is 37.7 Å². The van der Waals surface area contributed by atoms with Crippen molar-refractivity contribution in [3.63, 3.8) is 0 Å². The lowest BCUT2D eigenvalue weighted by Crippen LogP contribution is -2.13. The predicted molar refractivity (Wildman–Crippen MR) is 89.2 cm³/mol. The van der Waals surface area contributed by atoms with Crippen LogP contribution in [0.15, 0.2) is 24.3 Å². The van der Waals surface area contributed by atoms with Gasteiger partial charge in [0.05, 0.1) is 0 Å². The third-order valence-corrected chi connectivity index (χ3v) is 4.13. The van der Waals surface area contributed by atoms with Gasteiger partial charge < -0.3 is 4.74 Å². The number of rotatable bonds is 11. The second-order valence-electron chi connectivity index (χ2n) is 6.17. The molecule has 0 bridgehead atoms. The Balaban J connectivity index is 2.21. The van der Waals surface area contributed by atoms with Crippen molar-refractivity contribution in [1.29, 1.82) is 0 Å². The van der Waals surface area contributed by atoms with Crippen LogP contribution in [-0.4, -0.2) is 12.1 Å². The van der Waals surface area contributed by atoms with Crippen LogP contribution >= 0.6 is 0 Å². The predicted octanol–water partition coefficient (Wildman–Crippen LogP) is 5.58. The third kappa shape index (κ3) is 9.49. The Kier molecular flexibility index (Phi) is 9.94. The summed E-state index contributed by atoms with van der Waals surface area (Å²) in [7, 11) is 0. The van der Waals surface area contributed by atoms with Crippen molar-refractivity contribution in [2.75, 3.05) is 0 Å². The molecule has 0 heterocycles. The van der Waals surface area contributed by atoms with E-state index in [1.54, 1.807) is 0 Å². The molecule has 0 radical (unpaired) electrons. The van der Waals surface area contributed by atoms with Crippen molar-refractivity contribution in [2.45, 2.75) is 84.2 Å². The first kappa shape index (κ1) is 18.0. The van der Waals surface area contributed by atoms with Gasteiger partial charge in [0.1, 0.15) is 6.10 Å². The van der Waals surface area contributed by atoms with E-state index in [0.717, 1.165) is 18.8 Å². The van der Waals surface area contributed by atoms with Crippen molar-refractivity contribution in [1.82, 2.24) is 0 Å². The van der Waals surface area contributed by atoms with E-state index in [-0.39, 0.29) is 12.1 Å². The van der Waals surface area contributed by atoms with Crippen LogP contribution in [0.2, 0.25) is 0 Å². The van der Waals surface area contributed by atoms with Crippen molar-refractivity contribution < 1.29 is 9.53 Å². The van der Waals surface area contributed by atoms with Crippen molar-refractivity contribution >= 4 is 5.97 Å². The van der Waals surface area contributed by atoms with Gasteiger partial charge in [0.2, 0.25) is 0 Å². The average molecular weight is 292 g/mol. The highest BCUT2D eigenvalue weighted by Gasteiger charge is 2.12. The summed E-state index contributed by atoms with van der Waals surface area (Å²) in [6.07, 6.45) is 21.0. The van der Waals surface area contributed by atoms with Crippen molar-refractivity contribution in [2.24, 2.45) is 5.92 Å². The topological polar surface area (TPSA) is 26.3 Å². The van der Waals surface area contributed by atoms with Gasteiger partial charge in [0.25, 0.3) is 0 Å². The monoisotopic (exact) mass is 292 g/mol. The number of hydrogen-bond acceptors (Lipinski definition) is 2. The maximum atomic E-state index is 11.2. The minimum absolute atomic E-state index is 0.0558. The highest BCUT2D eigenvalue weighted by atomic mass is 16.5. The number of ether oxygens (including phenoxy) is 1. The second kappa shape index (κ2) is 11.6. The molecule has 120 valence electrons. The van der Waals surface area contributed by atoms with Crippen LogP contribution in [0, 0.1) is 5.92 Å². The molecule has 1 saturated carbocycles. The molecule has 21 heavy (non-hydrogen) atoms. The largest absolute Gasteiger partial charge is 0.458 e. The van der Waals surface area contributed by atoms with E-state index in [1.165, 1.54) is 58.3 Å². The van der Waals surface area contributed by atoms with E-state index in [0.29, 0.717) is 0 Å². The molecule has 1 aliphatic carbocycles. The van der Waals surface area contributed by atoms with Gasteiger partial charge >= 0.3 is 5.97 Å². The fourth-order valence-corrected chi connectivity index (χ4v) is 2.58. The molecule has 1 unspecified atom stereocenters. The molecule has 0 saturated heterocycles. The molecule has 0 aromatic heterocycles. The summed E-state index contributed by atoms with van der Waals surface area (Å²) in [5.41, 5.74) is 0. The summed E-state index contributed by atoms with van der Waals surface area (Å²) < 4.78 is 5.37. The third-order valence-electron chi connectivity index (χ3n) is 4.13. The Morgan fingerprint density at radius 3 is 2.48 bits per heavy atom. The molecule has 0 amide bonds. The number of carbonyl (C=O) groups is 1. The summed E-state index contributed by atoms with van der Waals surface area (Å²) >= 11 is 0. The van der Waals surface area contributed by atoms with Gasteiger partial charge in [-0.1, -0.05) is 63.7 Å². The summed E-state index contributed by atoms with van der Waals surface area (Å²) in [4.78, 5) is 11.2. The molecule has 0 aromatic rings. The van der Waals surface area contributed by atoms with Gasteiger partial charge in [0.15, 0.2) is 0 Å². The van der Waals surface area contributed by atoms with Crippen LogP contribution in [0.4, 0.5) is 0 Å². The number of esters is 1. The van der Waals surface area contributed by atoms with Crippen LogP contribution < -0.4 is 0 Å². The van der Waals surface area contributed by atoms with E-state index in [2.05, 4.69) is 19.1 Å². The minimum atomic E-state index is -0.182. The van der Waals surface area contributed by atoms with E-state index < -0.39 is 0 Å². The lowest BCUT2D eigenvalue weighted by Gasteiger charge is -2.20. The molecule has 1 fully saturated rings. The Morgan fingerprint density at radius 2 is 1.86 bits per heavy atom. The van der Waals surface area contributed by atoms with Crippen LogP contribution in [-0.2, 0) is 9.53 Å². The molecular formula is C19H32O2. The van der Waals surface area contributed by atoms with Crippen LogP contribution in [0.5, 0.6) is 0 Å². The van der Waals surface area contributed by atoms with Gasteiger partial charge in [-0.15, -0.1) is 0 Å². The molecule has 1 rings (SSSR count). The number of unbranched alkanes of at least 4 members (excludes halogenated alkanes) is 5. The molecule has 0 aliphatic heterocycles. The first-order valence-corrected chi connectivity index (χ1v) is 8.74. The quantitative estimate of drug-likeness (QED) is 0.282. The van der Waals surface area contributed by atoms with Gasteiger partial charge in [-0.25, -0.2) is 0 Å². The van der Waals surface area contributed by atoms with E-state index >= 15 is 0 Å². The van der Waals surface area contributed by atoms with Gasteiger partial charge in [0, 0.05) is 6.92 Å². The van der Waals surface area contributed by atoms with E-state index in [4.69, 9.17) is 4.74 Å². The van der Waals surface area contributed by atoms with E-state index in [9.17, 15) is 4.79 Å².